The third-order valence-corrected chi connectivity index (χ3v) is 10.1. The normalized spacial score (nSPS) is 29.6. The number of carbonyl (C=O) groups excluding carboxylic acids is 4. The van der Waals surface area contributed by atoms with Gasteiger partial charge >= 0.3 is 0 Å². The molecule has 0 aromatic heterocycles. The summed E-state index contributed by atoms with van der Waals surface area (Å²) in [4.78, 5) is 55.8. The number of ether oxygens (including phenoxy) is 1. The molecule has 0 spiro atoms. The van der Waals surface area contributed by atoms with E-state index >= 15 is 0 Å². The summed E-state index contributed by atoms with van der Waals surface area (Å²) in [5.41, 5.74) is 2.32. The lowest BCUT2D eigenvalue weighted by Crippen LogP contribution is -2.43. The van der Waals surface area contributed by atoms with Gasteiger partial charge in [-0.2, -0.15) is 0 Å². The lowest BCUT2D eigenvalue weighted by Gasteiger charge is -2.42. The van der Waals surface area contributed by atoms with Crippen LogP contribution in [0, 0.1) is 17.8 Å². The Morgan fingerprint density at radius 1 is 1.00 bits per heavy atom. The molecule has 4 atom stereocenters. The number of phenols is 1. The molecule has 2 amide bonds. The molecule has 1 saturated carbocycles. The van der Waals surface area contributed by atoms with Crippen molar-refractivity contribution >= 4 is 55.2 Å². The average molecular weight is 645 g/mol. The molecular weight excluding hydrogens is 618 g/mol. The van der Waals surface area contributed by atoms with Gasteiger partial charge in [-0.1, -0.05) is 30.9 Å². The summed E-state index contributed by atoms with van der Waals surface area (Å²) in [6.07, 6.45) is 8.79. The van der Waals surface area contributed by atoms with Gasteiger partial charge < -0.3 is 9.84 Å². The van der Waals surface area contributed by atoms with Crippen molar-refractivity contribution in [1.29, 1.82) is 0 Å². The van der Waals surface area contributed by atoms with Gasteiger partial charge in [0.2, 0.25) is 11.8 Å². The van der Waals surface area contributed by atoms with Crippen LogP contribution in [0.3, 0.4) is 0 Å². The molecule has 5 aliphatic rings. The van der Waals surface area contributed by atoms with Gasteiger partial charge in [-0.3, -0.25) is 24.1 Å². The smallest absolute Gasteiger partial charge is 0.233 e. The molecule has 0 radical (unpaired) electrons. The number of Topliss-reactive ketones (excluding diaryl/α,β-unsaturated/α-hetero) is 1. The predicted octanol–water partition coefficient (Wildman–Crippen LogP) is 5.26. The van der Waals surface area contributed by atoms with E-state index in [-0.39, 0.29) is 57.7 Å². The molecule has 4 unspecified atom stereocenters. The highest BCUT2D eigenvalue weighted by Gasteiger charge is 2.57. The number of carbonyl (C=O) groups is 4. The number of hydrogen-bond acceptors (Lipinski definition) is 6. The largest absolute Gasteiger partial charge is 0.503 e. The van der Waals surface area contributed by atoms with Crippen molar-refractivity contribution in [3.63, 3.8) is 0 Å². The maximum atomic E-state index is 13.9. The van der Waals surface area contributed by atoms with E-state index in [0.717, 1.165) is 37.7 Å². The van der Waals surface area contributed by atoms with Crippen LogP contribution in [0.5, 0.6) is 11.5 Å². The van der Waals surface area contributed by atoms with Gasteiger partial charge in [0.05, 0.1) is 27.9 Å². The number of ketones is 2. The second-order valence-electron chi connectivity index (χ2n) is 10.8. The Kier molecular flexibility index (Phi) is 6.50. The lowest BCUT2D eigenvalue weighted by molar-refractivity contribution is -0.143. The third kappa shape index (κ3) is 3.79. The van der Waals surface area contributed by atoms with Crippen LogP contribution in [-0.4, -0.2) is 46.5 Å². The highest BCUT2D eigenvalue weighted by atomic mass is 79.9. The van der Waals surface area contributed by atoms with Crippen LogP contribution in [-0.2, 0) is 19.2 Å². The summed E-state index contributed by atoms with van der Waals surface area (Å²) in [7, 11) is 1.45. The number of allylic oxidation sites excluding steroid dienone is 6. The summed E-state index contributed by atoms with van der Waals surface area (Å²) in [6, 6.07) is 3.34. The predicted molar refractivity (Wildman–Crippen MR) is 146 cm³/mol. The number of methoxy groups -OCH3 is 1. The van der Waals surface area contributed by atoms with E-state index in [0.29, 0.717) is 27.6 Å². The van der Waals surface area contributed by atoms with Gasteiger partial charge in [-0.05, 0) is 81.2 Å². The molecule has 9 heteroatoms. The third-order valence-electron chi connectivity index (χ3n) is 8.91. The molecule has 6 rings (SSSR count). The van der Waals surface area contributed by atoms with Gasteiger partial charge in [0.25, 0.3) is 0 Å². The van der Waals surface area contributed by atoms with Gasteiger partial charge in [0.1, 0.15) is 0 Å². The van der Waals surface area contributed by atoms with Crippen LogP contribution >= 0.6 is 31.9 Å². The Morgan fingerprint density at radius 2 is 1.74 bits per heavy atom. The van der Waals surface area contributed by atoms with Gasteiger partial charge in [0.15, 0.2) is 23.1 Å². The van der Waals surface area contributed by atoms with E-state index in [4.69, 9.17) is 4.74 Å². The van der Waals surface area contributed by atoms with E-state index in [9.17, 15) is 24.3 Å². The second-order valence-corrected chi connectivity index (χ2v) is 12.5. The Labute approximate surface area is 237 Å². The fourth-order valence-electron chi connectivity index (χ4n) is 7.23. The molecule has 7 nitrogen and oxygen atoms in total. The van der Waals surface area contributed by atoms with Gasteiger partial charge in [0, 0.05) is 29.2 Å². The molecule has 2 fully saturated rings. The number of fused-ring (bicyclic) bond motifs is 3. The Hall–Kier alpha value is -2.52. The number of nitrogens with zero attached hydrogens (tertiary/aromatic N) is 1. The summed E-state index contributed by atoms with van der Waals surface area (Å²) in [5.74, 6) is -2.59. The number of aromatic hydroxyl groups is 1. The first-order chi connectivity index (χ1) is 18.2. The number of phenolic OH excluding ortho intramolecular Hbond substituents is 1. The molecule has 1 saturated heterocycles. The number of likely N-dealkylation sites (tertiary alicyclic amines) is 1. The highest BCUT2D eigenvalue weighted by molar-refractivity contribution is 9.12. The van der Waals surface area contributed by atoms with Crippen LogP contribution < -0.4 is 4.74 Å². The molecule has 198 valence electrons. The summed E-state index contributed by atoms with van der Waals surface area (Å²) >= 11 is 6.64. The van der Waals surface area contributed by atoms with Crippen molar-refractivity contribution in [2.75, 3.05) is 7.11 Å². The van der Waals surface area contributed by atoms with Crippen LogP contribution in [0.4, 0.5) is 0 Å². The topological polar surface area (TPSA) is 101 Å². The van der Waals surface area contributed by atoms with Crippen molar-refractivity contribution in [3.8, 4) is 11.5 Å². The van der Waals surface area contributed by atoms with Crippen molar-refractivity contribution in [3.05, 3.63) is 55.5 Å². The number of benzene rings is 1. The van der Waals surface area contributed by atoms with Crippen molar-refractivity contribution in [2.45, 2.75) is 56.9 Å². The van der Waals surface area contributed by atoms with Crippen LogP contribution in [0.2, 0.25) is 0 Å². The highest BCUT2D eigenvalue weighted by Crippen LogP contribution is 2.56. The van der Waals surface area contributed by atoms with E-state index in [2.05, 4.69) is 31.9 Å². The molecule has 1 heterocycles. The fourth-order valence-corrected chi connectivity index (χ4v) is 8.13. The molecule has 38 heavy (non-hydrogen) atoms. The maximum absolute atomic E-state index is 13.9. The zero-order chi connectivity index (χ0) is 26.9. The molecule has 1 aliphatic heterocycles. The van der Waals surface area contributed by atoms with Crippen molar-refractivity contribution < 1.29 is 29.0 Å². The second kappa shape index (κ2) is 9.59. The minimum atomic E-state index is -0.601. The minimum Gasteiger partial charge on any atom is -0.503 e. The number of imide groups is 1. The average Bonchev–Trinajstić information content (AvgIpc) is 3.17. The maximum Gasteiger partial charge on any atom is 0.233 e. The molecule has 0 bridgehead atoms. The van der Waals surface area contributed by atoms with Crippen molar-refractivity contribution in [1.82, 2.24) is 4.90 Å². The van der Waals surface area contributed by atoms with E-state index in [1.807, 2.05) is 6.08 Å². The van der Waals surface area contributed by atoms with Crippen LogP contribution in [0.15, 0.2) is 50.0 Å². The zero-order valence-electron chi connectivity index (χ0n) is 20.8. The molecule has 4 aliphatic carbocycles. The first kappa shape index (κ1) is 25.7. The van der Waals surface area contributed by atoms with Gasteiger partial charge in [-0.15, -0.1) is 0 Å². The van der Waals surface area contributed by atoms with E-state index in [1.165, 1.54) is 18.1 Å². The molecule has 1 aromatic rings. The summed E-state index contributed by atoms with van der Waals surface area (Å²) in [6.45, 7) is 0. The van der Waals surface area contributed by atoms with E-state index < -0.39 is 17.8 Å². The van der Waals surface area contributed by atoms with Crippen molar-refractivity contribution in [2.24, 2.45) is 17.8 Å². The summed E-state index contributed by atoms with van der Waals surface area (Å²) < 4.78 is 5.98. The van der Waals surface area contributed by atoms with Crippen LogP contribution in [0.25, 0.3) is 0 Å². The SMILES string of the molecule is COc1cc(C2C3=CCC4C(=O)N(C5CCCCC5)C(=O)C4C3CC3=C2C(=O)C=C(Br)C3=O)cc(Br)c1O. The molecule has 1 aromatic carbocycles. The Morgan fingerprint density at radius 3 is 2.45 bits per heavy atom. The lowest BCUT2D eigenvalue weighted by atomic mass is 9.59. The zero-order valence-corrected chi connectivity index (χ0v) is 24.0. The van der Waals surface area contributed by atoms with Crippen LogP contribution in [0.1, 0.15) is 56.4 Å². The number of halogens is 2. The van der Waals surface area contributed by atoms with Gasteiger partial charge in [-0.25, -0.2) is 0 Å². The number of rotatable bonds is 3. The number of amides is 2. The first-order valence-corrected chi connectivity index (χ1v) is 14.6. The molecule has 1 N–H and O–H groups in total. The minimum absolute atomic E-state index is 0.0563. The first-order valence-electron chi connectivity index (χ1n) is 13.1. The monoisotopic (exact) mass is 643 g/mol. The molecular formula is C29H27Br2NO6. The Balaban J connectivity index is 1.49. The quantitative estimate of drug-likeness (QED) is 0.274. The number of hydrogen-bond donors (Lipinski definition) is 1. The van der Waals surface area contributed by atoms with E-state index in [1.54, 1.807) is 12.1 Å². The summed E-state index contributed by atoms with van der Waals surface area (Å²) in [5, 5.41) is 10.4. The fraction of sp³-hybridized carbons (Fsp3) is 0.448. The Bertz CT molecular complexity index is 1390. The standard InChI is InChI=1S/C29H27Br2NO6/c1-38-22-10-13(9-19(30)27(22)35)23-15-7-8-16-24(29(37)32(28(16)36)14-5-3-2-4-6-14)17(15)11-18-25(23)21(33)12-20(31)26(18)34/h7,9-10,12,14,16-17,23-24,35H,2-6,8,11H2,1H3.